The van der Waals surface area contributed by atoms with Crippen molar-refractivity contribution in [2.24, 2.45) is 0 Å². The standard InChI is InChI=1S/C16H21N5O2S/c1-20(2)12-13-7-9-18-16(19-13)15-6-4-10-21(15)24(22,23)14-5-3-8-17-11-14/h3,5,7-9,11,15H,4,6,10,12H2,1-2H3/t15-/m0/s1. The second-order valence-electron chi connectivity index (χ2n) is 6.11. The maximum Gasteiger partial charge on any atom is 0.245 e. The number of rotatable bonds is 5. The second kappa shape index (κ2) is 6.92. The largest absolute Gasteiger partial charge is 0.304 e. The van der Waals surface area contributed by atoms with Crippen LogP contribution in [0.4, 0.5) is 0 Å². The molecule has 0 saturated carbocycles. The van der Waals surface area contributed by atoms with Gasteiger partial charge in [0.25, 0.3) is 0 Å². The Morgan fingerprint density at radius 1 is 1.29 bits per heavy atom. The Labute approximate surface area is 142 Å². The number of aromatic nitrogens is 3. The number of nitrogens with zero attached hydrogens (tertiary/aromatic N) is 5. The van der Waals surface area contributed by atoms with Gasteiger partial charge in [0, 0.05) is 31.7 Å². The molecule has 0 aliphatic carbocycles. The molecule has 0 aromatic carbocycles. The number of hydrogen-bond donors (Lipinski definition) is 0. The van der Waals surface area contributed by atoms with E-state index in [0.29, 0.717) is 18.9 Å². The fourth-order valence-corrected chi connectivity index (χ4v) is 4.53. The molecule has 24 heavy (non-hydrogen) atoms. The highest BCUT2D eigenvalue weighted by atomic mass is 32.2. The van der Waals surface area contributed by atoms with Crippen LogP contribution in [0.3, 0.4) is 0 Å². The summed E-state index contributed by atoms with van der Waals surface area (Å²) >= 11 is 0. The molecular weight excluding hydrogens is 326 g/mol. The van der Waals surface area contributed by atoms with Gasteiger partial charge in [-0.2, -0.15) is 4.31 Å². The van der Waals surface area contributed by atoms with Gasteiger partial charge in [-0.3, -0.25) is 4.98 Å². The summed E-state index contributed by atoms with van der Waals surface area (Å²) in [5.74, 6) is 0.569. The molecule has 0 spiro atoms. The first-order chi connectivity index (χ1) is 11.5. The number of hydrogen-bond acceptors (Lipinski definition) is 6. The van der Waals surface area contributed by atoms with E-state index >= 15 is 0 Å². The van der Waals surface area contributed by atoms with Gasteiger partial charge in [-0.15, -0.1) is 0 Å². The monoisotopic (exact) mass is 347 g/mol. The molecule has 0 N–H and O–H groups in total. The maximum atomic E-state index is 12.9. The van der Waals surface area contributed by atoms with Crippen molar-refractivity contribution in [1.29, 1.82) is 0 Å². The van der Waals surface area contributed by atoms with Gasteiger partial charge in [0.05, 0.1) is 11.7 Å². The molecule has 3 heterocycles. The summed E-state index contributed by atoms with van der Waals surface area (Å²) in [6.45, 7) is 1.17. The first-order valence-corrected chi connectivity index (χ1v) is 9.31. The summed E-state index contributed by atoms with van der Waals surface area (Å²) in [4.78, 5) is 15.1. The Morgan fingerprint density at radius 2 is 2.12 bits per heavy atom. The summed E-state index contributed by atoms with van der Waals surface area (Å²) in [6.07, 6.45) is 6.17. The normalized spacial score (nSPS) is 19.0. The lowest BCUT2D eigenvalue weighted by Gasteiger charge is -2.23. The third kappa shape index (κ3) is 3.45. The fraction of sp³-hybridized carbons (Fsp3) is 0.438. The topological polar surface area (TPSA) is 79.3 Å². The average molecular weight is 347 g/mol. The average Bonchev–Trinajstić information content (AvgIpc) is 3.06. The van der Waals surface area contributed by atoms with Crippen molar-refractivity contribution in [3.63, 3.8) is 0 Å². The van der Waals surface area contributed by atoms with Crippen molar-refractivity contribution in [3.05, 3.63) is 48.3 Å². The molecule has 1 aliphatic rings. The van der Waals surface area contributed by atoms with Crippen LogP contribution in [-0.2, 0) is 16.6 Å². The van der Waals surface area contributed by atoms with Gasteiger partial charge in [0.1, 0.15) is 10.7 Å². The molecule has 2 aromatic heterocycles. The summed E-state index contributed by atoms with van der Waals surface area (Å²) in [5.41, 5.74) is 0.885. The first kappa shape index (κ1) is 16.9. The van der Waals surface area contributed by atoms with Gasteiger partial charge in [-0.05, 0) is 45.1 Å². The SMILES string of the molecule is CN(C)Cc1ccnc([C@@H]2CCCN2S(=O)(=O)c2cccnc2)n1. The van der Waals surface area contributed by atoms with Crippen LogP contribution in [0.2, 0.25) is 0 Å². The minimum absolute atomic E-state index is 0.210. The Kier molecular flexibility index (Phi) is 4.88. The van der Waals surface area contributed by atoms with Gasteiger partial charge in [0.15, 0.2) is 0 Å². The van der Waals surface area contributed by atoms with Crippen LogP contribution < -0.4 is 0 Å². The summed E-state index contributed by atoms with van der Waals surface area (Å²) in [5, 5.41) is 0. The minimum Gasteiger partial charge on any atom is -0.304 e. The molecular formula is C16H21N5O2S. The minimum atomic E-state index is -3.59. The zero-order valence-electron chi connectivity index (χ0n) is 13.8. The van der Waals surface area contributed by atoms with Gasteiger partial charge in [-0.25, -0.2) is 18.4 Å². The molecule has 1 saturated heterocycles. The van der Waals surface area contributed by atoms with Gasteiger partial charge in [0.2, 0.25) is 10.0 Å². The molecule has 0 radical (unpaired) electrons. The molecule has 0 amide bonds. The van der Waals surface area contributed by atoms with Crippen molar-refractivity contribution < 1.29 is 8.42 Å². The molecule has 128 valence electrons. The Bertz CT molecular complexity index is 795. The second-order valence-corrected chi connectivity index (χ2v) is 8.00. The van der Waals surface area contributed by atoms with Crippen LogP contribution in [0.1, 0.15) is 30.4 Å². The van der Waals surface area contributed by atoms with Crippen molar-refractivity contribution in [2.75, 3.05) is 20.6 Å². The molecule has 8 heteroatoms. The predicted octanol–water partition coefficient (Wildman–Crippen LogP) is 1.46. The molecule has 2 aromatic rings. The fourth-order valence-electron chi connectivity index (χ4n) is 2.91. The lowest BCUT2D eigenvalue weighted by atomic mass is 10.2. The van der Waals surface area contributed by atoms with E-state index in [1.807, 2.05) is 25.1 Å². The van der Waals surface area contributed by atoms with Crippen molar-refractivity contribution in [3.8, 4) is 0 Å². The molecule has 3 rings (SSSR count). The quantitative estimate of drug-likeness (QED) is 0.815. The highest BCUT2D eigenvalue weighted by Gasteiger charge is 2.37. The Hall–Kier alpha value is -1.90. The molecule has 1 atom stereocenters. The van der Waals surface area contributed by atoms with Gasteiger partial charge in [-0.1, -0.05) is 0 Å². The Morgan fingerprint density at radius 3 is 2.83 bits per heavy atom. The molecule has 7 nitrogen and oxygen atoms in total. The zero-order valence-corrected chi connectivity index (χ0v) is 14.6. The molecule has 0 bridgehead atoms. The van der Waals surface area contributed by atoms with Crippen molar-refractivity contribution in [2.45, 2.75) is 30.3 Å². The summed E-state index contributed by atoms with van der Waals surface area (Å²) in [7, 11) is 0.346. The van der Waals surface area contributed by atoms with Crippen LogP contribution in [0.25, 0.3) is 0 Å². The van der Waals surface area contributed by atoms with Crippen LogP contribution in [-0.4, -0.2) is 53.2 Å². The molecule has 0 unspecified atom stereocenters. The van der Waals surface area contributed by atoms with Crippen LogP contribution in [0.5, 0.6) is 0 Å². The third-order valence-corrected chi connectivity index (χ3v) is 5.84. The highest BCUT2D eigenvalue weighted by Crippen LogP contribution is 2.34. The van der Waals surface area contributed by atoms with Crippen molar-refractivity contribution in [1.82, 2.24) is 24.2 Å². The summed E-state index contributed by atoms with van der Waals surface area (Å²) < 4.78 is 27.3. The van der Waals surface area contributed by atoms with Crippen molar-refractivity contribution >= 4 is 10.0 Å². The lowest BCUT2D eigenvalue weighted by Crippen LogP contribution is -2.31. The van der Waals surface area contributed by atoms with E-state index < -0.39 is 10.0 Å². The molecule has 1 fully saturated rings. The van der Waals surface area contributed by atoms with Crippen LogP contribution in [0.15, 0.2) is 41.7 Å². The van der Waals surface area contributed by atoms with Crippen LogP contribution >= 0.6 is 0 Å². The van der Waals surface area contributed by atoms with Crippen LogP contribution in [0, 0.1) is 0 Å². The third-order valence-electron chi connectivity index (χ3n) is 3.95. The van der Waals surface area contributed by atoms with Gasteiger partial charge >= 0.3 is 0 Å². The number of pyridine rings is 1. The first-order valence-electron chi connectivity index (χ1n) is 7.87. The smallest absolute Gasteiger partial charge is 0.245 e. The van der Waals surface area contributed by atoms with E-state index in [0.717, 1.165) is 18.5 Å². The maximum absolute atomic E-state index is 12.9. The Balaban J connectivity index is 1.91. The highest BCUT2D eigenvalue weighted by molar-refractivity contribution is 7.89. The predicted molar refractivity (Wildman–Crippen MR) is 89.5 cm³/mol. The van der Waals surface area contributed by atoms with E-state index in [1.165, 1.54) is 10.5 Å². The van der Waals surface area contributed by atoms with E-state index in [9.17, 15) is 8.42 Å². The zero-order chi connectivity index (χ0) is 17.2. The van der Waals surface area contributed by atoms with Gasteiger partial charge < -0.3 is 4.90 Å². The van der Waals surface area contributed by atoms with E-state index in [-0.39, 0.29) is 10.9 Å². The lowest BCUT2D eigenvalue weighted by molar-refractivity contribution is 0.373. The number of sulfonamides is 1. The van der Waals surface area contributed by atoms with E-state index in [1.54, 1.807) is 24.5 Å². The summed E-state index contributed by atoms with van der Waals surface area (Å²) in [6, 6.07) is 4.74. The molecule has 1 aliphatic heterocycles. The van der Waals surface area contributed by atoms with E-state index in [2.05, 4.69) is 15.0 Å². The van der Waals surface area contributed by atoms with E-state index in [4.69, 9.17) is 0 Å².